The molecule has 0 saturated heterocycles. The zero-order valence-corrected chi connectivity index (χ0v) is 12.9. The molecule has 1 unspecified atom stereocenters. The van der Waals surface area contributed by atoms with Crippen molar-refractivity contribution in [1.82, 2.24) is 0 Å². The van der Waals surface area contributed by atoms with E-state index >= 15 is 0 Å². The van der Waals surface area contributed by atoms with E-state index in [4.69, 9.17) is 0 Å². The van der Waals surface area contributed by atoms with E-state index < -0.39 is 0 Å². The lowest BCUT2D eigenvalue weighted by molar-refractivity contribution is 0.659. The average Bonchev–Trinajstić information content (AvgIpc) is 2.26. The highest BCUT2D eigenvalue weighted by Gasteiger charge is 2.03. The molecule has 1 aromatic rings. The van der Waals surface area contributed by atoms with Gasteiger partial charge in [-0.2, -0.15) is 0 Å². The van der Waals surface area contributed by atoms with Gasteiger partial charge in [-0.3, -0.25) is 0 Å². The molecule has 0 aliphatic carbocycles. The van der Waals surface area contributed by atoms with Gasteiger partial charge in [0.1, 0.15) is 0 Å². The van der Waals surface area contributed by atoms with Gasteiger partial charge in [0.2, 0.25) is 0 Å². The Hall–Kier alpha value is -0.350. The van der Waals surface area contributed by atoms with Gasteiger partial charge in [0, 0.05) is 0 Å². The first kappa shape index (κ1) is 14.7. The molecule has 0 nitrogen and oxygen atoms in total. The second-order valence-corrected chi connectivity index (χ2v) is 6.47. The quantitative estimate of drug-likeness (QED) is 0.477. The Morgan fingerprint density at radius 1 is 0.882 bits per heavy atom. The van der Waals surface area contributed by atoms with Crippen LogP contribution in [0.25, 0.3) is 0 Å². The number of hydrogen-bond donors (Lipinski definition) is 0. The molecule has 0 N–H and O–H groups in total. The van der Waals surface area contributed by atoms with Crippen LogP contribution in [0, 0.1) is 20.8 Å². The third-order valence-electron chi connectivity index (χ3n) is 3.26. The normalized spacial score (nSPS) is 11.5. The zero-order valence-electron chi connectivity index (χ0n) is 11.9. The minimum atomic E-state index is 1.01. The molecule has 1 atom stereocenters. The van der Waals surface area contributed by atoms with Crippen LogP contribution in [-0.4, -0.2) is 6.16 Å². The molecule has 0 bridgehead atoms. The summed E-state index contributed by atoms with van der Waals surface area (Å²) in [4.78, 5) is 0. The predicted molar refractivity (Wildman–Crippen MR) is 82.2 cm³/mol. The van der Waals surface area contributed by atoms with E-state index in [0.717, 1.165) is 8.58 Å². The molecule has 0 aliphatic heterocycles. The van der Waals surface area contributed by atoms with Crippen LogP contribution in [0.3, 0.4) is 0 Å². The standard InChI is InChI=1S/C16H27P/c1-5-6-7-8-9-10-17-16-14(3)11-13(2)12-15(16)4/h11-12,17H,5-10H2,1-4H3. The molecular weight excluding hydrogens is 223 g/mol. The lowest BCUT2D eigenvalue weighted by Gasteiger charge is -2.11. The fourth-order valence-corrected chi connectivity index (χ4v) is 3.78. The van der Waals surface area contributed by atoms with E-state index in [9.17, 15) is 0 Å². The van der Waals surface area contributed by atoms with E-state index in [1.165, 1.54) is 55.0 Å². The van der Waals surface area contributed by atoms with Crippen molar-refractivity contribution in [3.63, 3.8) is 0 Å². The van der Waals surface area contributed by atoms with E-state index in [0.29, 0.717) is 0 Å². The Balaban J connectivity index is 2.36. The molecule has 96 valence electrons. The van der Waals surface area contributed by atoms with Crippen molar-refractivity contribution >= 4 is 13.9 Å². The summed E-state index contributed by atoms with van der Waals surface area (Å²) in [7, 11) is 1.01. The maximum absolute atomic E-state index is 2.33. The fraction of sp³-hybridized carbons (Fsp3) is 0.625. The first-order valence-electron chi connectivity index (χ1n) is 6.97. The number of hydrogen-bond acceptors (Lipinski definition) is 0. The minimum absolute atomic E-state index is 1.01. The van der Waals surface area contributed by atoms with Crippen molar-refractivity contribution < 1.29 is 0 Å². The molecule has 0 saturated carbocycles. The first-order chi connectivity index (χ1) is 8.15. The van der Waals surface area contributed by atoms with Crippen LogP contribution in [0.5, 0.6) is 0 Å². The van der Waals surface area contributed by atoms with Gasteiger partial charge in [0.15, 0.2) is 0 Å². The summed E-state index contributed by atoms with van der Waals surface area (Å²) in [5, 5.41) is 1.62. The molecule has 0 amide bonds. The Kier molecular flexibility index (Phi) is 6.82. The SMILES string of the molecule is CCCCCCCPc1c(C)cc(C)cc1C. The molecule has 17 heavy (non-hydrogen) atoms. The summed E-state index contributed by atoms with van der Waals surface area (Å²) in [5.74, 6) is 0. The van der Waals surface area contributed by atoms with Crippen molar-refractivity contribution in [2.75, 3.05) is 6.16 Å². The highest BCUT2D eigenvalue weighted by Crippen LogP contribution is 2.20. The van der Waals surface area contributed by atoms with Crippen molar-refractivity contribution in [3.8, 4) is 0 Å². The van der Waals surface area contributed by atoms with Gasteiger partial charge in [-0.05, 0) is 49.8 Å². The van der Waals surface area contributed by atoms with Crippen molar-refractivity contribution in [2.45, 2.75) is 59.8 Å². The minimum Gasteiger partial charge on any atom is -0.0898 e. The van der Waals surface area contributed by atoms with Crippen molar-refractivity contribution in [3.05, 3.63) is 28.8 Å². The molecule has 0 aromatic heterocycles. The summed E-state index contributed by atoms with van der Waals surface area (Å²) >= 11 is 0. The van der Waals surface area contributed by atoms with E-state index in [-0.39, 0.29) is 0 Å². The van der Waals surface area contributed by atoms with E-state index in [1.807, 2.05) is 0 Å². The van der Waals surface area contributed by atoms with Gasteiger partial charge >= 0.3 is 0 Å². The van der Waals surface area contributed by atoms with Crippen LogP contribution in [0.1, 0.15) is 55.7 Å². The lowest BCUT2D eigenvalue weighted by atomic mass is 10.1. The molecule has 1 aromatic carbocycles. The highest BCUT2D eigenvalue weighted by molar-refractivity contribution is 7.47. The Morgan fingerprint density at radius 3 is 2.06 bits per heavy atom. The van der Waals surface area contributed by atoms with E-state index in [1.54, 1.807) is 5.30 Å². The third kappa shape index (κ3) is 5.21. The molecule has 0 aliphatic rings. The largest absolute Gasteiger partial charge is 0.0898 e. The Bertz CT molecular complexity index is 318. The molecule has 1 heteroatoms. The Morgan fingerprint density at radius 2 is 1.47 bits per heavy atom. The van der Waals surface area contributed by atoms with Crippen molar-refractivity contribution in [1.29, 1.82) is 0 Å². The van der Waals surface area contributed by atoms with Crippen LogP contribution in [0.2, 0.25) is 0 Å². The maximum atomic E-state index is 2.33. The average molecular weight is 250 g/mol. The van der Waals surface area contributed by atoms with Gasteiger partial charge < -0.3 is 0 Å². The van der Waals surface area contributed by atoms with Crippen LogP contribution >= 0.6 is 8.58 Å². The first-order valence-corrected chi connectivity index (χ1v) is 8.17. The summed E-state index contributed by atoms with van der Waals surface area (Å²) in [6.45, 7) is 9.00. The summed E-state index contributed by atoms with van der Waals surface area (Å²) in [6.07, 6.45) is 8.39. The monoisotopic (exact) mass is 250 g/mol. The smallest absolute Gasteiger partial charge is 0.0213 e. The molecular formula is C16H27P. The summed E-state index contributed by atoms with van der Waals surface area (Å²) in [6, 6.07) is 4.65. The molecule has 1 rings (SSSR count). The zero-order chi connectivity index (χ0) is 12.7. The van der Waals surface area contributed by atoms with Gasteiger partial charge in [-0.15, -0.1) is 0 Å². The van der Waals surface area contributed by atoms with Crippen LogP contribution in [0.4, 0.5) is 0 Å². The summed E-state index contributed by atoms with van der Waals surface area (Å²) in [5.41, 5.74) is 4.39. The molecule has 0 fully saturated rings. The molecule has 0 spiro atoms. The van der Waals surface area contributed by atoms with Crippen LogP contribution in [-0.2, 0) is 0 Å². The number of benzene rings is 1. The molecule has 0 radical (unpaired) electrons. The van der Waals surface area contributed by atoms with Gasteiger partial charge in [-0.1, -0.05) is 58.9 Å². The third-order valence-corrected chi connectivity index (χ3v) is 5.00. The number of unbranched alkanes of at least 4 members (excludes halogenated alkanes) is 4. The highest BCUT2D eigenvalue weighted by atomic mass is 31.1. The van der Waals surface area contributed by atoms with Gasteiger partial charge in [-0.25, -0.2) is 0 Å². The second kappa shape index (κ2) is 7.88. The molecule has 0 heterocycles. The van der Waals surface area contributed by atoms with Gasteiger partial charge in [0.25, 0.3) is 0 Å². The lowest BCUT2D eigenvalue weighted by Crippen LogP contribution is -2.06. The topological polar surface area (TPSA) is 0 Å². The Labute approximate surface area is 109 Å². The second-order valence-electron chi connectivity index (χ2n) is 5.11. The number of rotatable bonds is 7. The fourth-order valence-electron chi connectivity index (χ4n) is 2.40. The predicted octanol–water partition coefficient (Wildman–Crippen LogP) is 4.89. The van der Waals surface area contributed by atoms with Crippen LogP contribution < -0.4 is 5.30 Å². The van der Waals surface area contributed by atoms with Crippen molar-refractivity contribution in [2.24, 2.45) is 0 Å². The van der Waals surface area contributed by atoms with Gasteiger partial charge in [0.05, 0.1) is 0 Å². The van der Waals surface area contributed by atoms with Crippen LogP contribution in [0.15, 0.2) is 12.1 Å². The van der Waals surface area contributed by atoms with E-state index in [2.05, 4.69) is 39.8 Å². The summed E-state index contributed by atoms with van der Waals surface area (Å²) < 4.78 is 0. The number of aryl methyl sites for hydroxylation is 3. The maximum Gasteiger partial charge on any atom is -0.0213 e.